The number of hydrogen-bond acceptors (Lipinski definition) is 2. The molecule has 2 fully saturated rings. The number of nitrogens with zero attached hydrogens (tertiary/aromatic N) is 2. The lowest BCUT2D eigenvalue weighted by atomic mass is 9.95. The minimum Gasteiger partial charge on any atom is -0.366 e. The van der Waals surface area contributed by atoms with E-state index < -0.39 is 0 Å². The summed E-state index contributed by atoms with van der Waals surface area (Å²) in [6.07, 6.45) is 5.40. The molecule has 3 rings (SSSR count). The first-order valence-electron chi connectivity index (χ1n) is 7.95. The number of hydrogen-bond donors (Lipinski definition) is 0. The van der Waals surface area contributed by atoms with Gasteiger partial charge in [0.25, 0.3) is 0 Å². The van der Waals surface area contributed by atoms with Crippen molar-refractivity contribution in [3.63, 3.8) is 0 Å². The number of benzene rings is 1. The highest BCUT2D eigenvalue weighted by Gasteiger charge is 2.34. The van der Waals surface area contributed by atoms with Gasteiger partial charge in [0.2, 0.25) is 0 Å². The molecule has 0 radical (unpaired) electrons. The summed E-state index contributed by atoms with van der Waals surface area (Å²) in [5, 5.41) is 0. The Morgan fingerprint density at radius 1 is 1.20 bits per heavy atom. The van der Waals surface area contributed by atoms with E-state index in [0.29, 0.717) is 6.04 Å². The molecule has 0 aliphatic carbocycles. The van der Waals surface area contributed by atoms with Crippen molar-refractivity contribution in [1.29, 1.82) is 0 Å². The maximum Gasteiger partial charge on any atom is 0.0415 e. The molecule has 2 aliphatic rings. The van der Waals surface area contributed by atoms with Crippen LogP contribution in [0.15, 0.2) is 22.7 Å². The third-order valence-corrected chi connectivity index (χ3v) is 5.33. The Morgan fingerprint density at radius 2 is 2.05 bits per heavy atom. The van der Waals surface area contributed by atoms with Crippen molar-refractivity contribution in [3.05, 3.63) is 28.2 Å². The van der Waals surface area contributed by atoms with E-state index in [1.165, 1.54) is 61.0 Å². The Bertz CT molecular complexity index is 454. The van der Waals surface area contributed by atoms with E-state index in [1.54, 1.807) is 0 Å². The number of halogens is 1. The van der Waals surface area contributed by atoms with Gasteiger partial charge in [0.15, 0.2) is 0 Å². The Hall–Kier alpha value is -0.540. The Labute approximate surface area is 131 Å². The summed E-state index contributed by atoms with van der Waals surface area (Å²) in [5.74, 6) is 0. The number of piperazine rings is 1. The number of fused-ring (bicyclic) bond motifs is 1. The van der Waals surface area contributed by atoms with E-state index in [9.17, 15) is 0 Å². The van der Waals surface area contributed by atoms with E-state index in [0.717, 1.165) is 6.04 Å². The first kappa shape index (κ1) is 14.4. The summed E-state index contributed by atoms with van der Waals surface area (Å²) in [6, 6.07) is 8.25. The van der Waals surface area contributed by atoms with Gasteiger partial charge >= 0.3 is 0 Å². The van der Waals surface area contributed by atoms with Crippen LogP contribution in [0.2, 0.25) is 0 Å². The molecule has 2 saturated heterocycles. The number of piperidine rings is 1. The molecule has 1 aromatic rings. The monoisotopic (exact) mass is 336 g/mol. The molecule has 2 unspecified atom stereocenters. The highest BCUT2D eigenvalue weighted by molar-refractivity contribution is 9.10. The van der Waals surface area contributed by atoms with Crippen LogP contribution in [0.3, 0.4) is 0 Å². The number of anilines is 1. The zero-order valence-electron chi connectivity index (χ0n) is 12.6. The van der Waals surface area contributed by atoms with Crippen molar-refractivity contribution in [2.75, 3.05) is 24.5 Å². The average molecular weight is 337 g/mol. The summed E-state index contributed by atoms with van der Waals surface area (Å²) in [5.41, 5.74) is 2.74. The molecule has 0 saturated carbocycles. The smallest absolute Gasteiger partial charge is 0.0415 e. The molecule has 0 N–H and O–H groups in total. The molecule has 2 aliphatic heterocycles. The summed E-state index contributed by atoms with van der Waals surface area (Å²) in [6.45, 7) is 8.27. The number of aryl methyl sites for hydroxylation is 1. The van der Waals surface area contributed by atoms with Gasteiger partial charge < -0.3 is 4.90 Å². The van der Waals surface area contributed by atoms with Crippen LogP contribution < -0.4 is 4.90 Å². The Kier molecular flexibility index (Phi) is 4.37. The third-order valence-electron chi connectivity index (χ3n) is 4.87. The predicted molar refractivity (Wildman–Crippen MR) is 89.5 cm³/mol. The van der Waals surface area contributed by atoms with E-state index in [-0.39, 0.29) is 0 Å². The standard InChI is InChI=1S/C17H25BrN2/c1-3-15-11-19-7-5-4-6-16(19)12-20(15)17-9-13(2)8-14(18)10-17/h8-10,15-16H,3-7,11-12H2,1-2H3. The average Bonchev–Trinajstić information content (AvgIpc) is 2.44. The molecule has 0 spiro atoms. The molecule has 0 bridgehead atoms. The van der Waals surface area contributed by atoms with Gasteiger partial charge in [-0.15, -0.1) is 0 Å². The van der Waals surface area contributed by atoms with Crippen LogP contribution >= 0.6 is 15.9 Å². The van der Waals surface area contributed by atoms with E-state index in [2.05, 4.69) is 57.8 Å². The largest absolute Gasteiger partial charge is 0.366 e. The fraction of sp³-hybridized carbons (Fsp3) is 0.647. The first-order valence-corrected chi connectivity index (χ1v) is 8.74. The molecular weight excluding hydrogens is 312 g/mol. The highest BCUT2D eigenvalue weighted by atomic mass is 79.9. The minimum absolute atomic E-state index is 0.665. The lowest BCUT2D eigenvalue weighted by Crippen LogP contribution is -2.59. The van der Waals surface area contributed by atoms with Gasteiger partial charge in [0, 0.05) is 35.3 Å². The van der Waals surface area contributed by atoms with E-state index in [4.69, 9.17) is 0 Å². The summed E-state index contributed by atoms with van der Waals surface area (Å²) >= 11 is 3.65. The quantitative estimate of drug-likeness (QED) is 0.798. The van der Waals surface area contributed by atoms with Crippen molar-refractivity contribution in [3.8, 4) is 0 Å². The third kappa shape index (κ3) is 2.89. The normalized spacial score (nSPS) is 27.4. The van der Waals surface area contributed by atoms with Crippen molar-refractivity contribution in [2.24, 2.45) is 0 Å². The topological polar surface area (TPSA) is 6.48 Å². The van der Waals surface area contributed by atoms with Gasteiger partial charge in [-0.1, -0.05) is 29.3 Å². The molecule has 20 heavy (non-hydrogen) atoms. The van der Waals surface area contributed by atoms with Gasteiger partial charge in [-0.05, 0) is 56.5 Å². The van der Waals surface area contributed by atoms with Crippen molar-refractivity contribution in [2.45, 2.75) is 51.6 Å². The van der Waals surface area contributed by atoms with Crippen LogP contribution in [0.5, 0.6) is 0 Å². The van der Waals surface area contributed by atoms with Gasteiger partial charge in [-0.3, -0.25) is 4.90 Å². The Morgan fingerprint density at radius 3 is 2.80 bits per heavy atom. The van der Waals surface area contributed by atoms with E-state index >= 15 is 0 Å². The molecule has 0 aromatic heterocycles. The van der Waals surface area contributed by atoms with Gasteiger partial charge in [-0.25, -0.2) is 0 Å². The van der Waals surface area contributed by atoms with Crippen LogP contribution in [0, 0.1) is 6.92 Å². The molecule has 2 atom stereocenters. The van der Waals surface area contributed by atoms with Crippen LogP contribution in [-0.2, 0) is 0 Å². The second-order valence-electron chi connectivity index (χ2n) is 6.35. The second kappa shape index (κ2) is 6.07. The summed E-state index contributed by atoms with van der Waals surface area (Å²) < 4.78 is 1.20. The number of rotatable bonds is 2. The zero-order valence-corrected chi connectivity index (χ0v) is 14.2. The van der Waals surface area contributed by atoms with Crippen molar-refractivity contribution >= 4 is 21.6 Å². The van der Waals surface area contributed by atoms with Gasteiger partial charge in [-0.2, -0.15) is 0 Å². The highest BCUT2D eigenvalue weighted by Crippen LogP contribution is 2.31. The van der Waals surface area contributed by atoms with E-state index in [1.807, 2.05) is 0 Å². The second-order valence-corrected chi connectivity index (χ2v) is 7.26. The predicted octanol–water partition coefficient (Wildman–Crippen LogP) is 4.21. The van der Waals surface area contributed by atoms with Crippen LogP contribution in [0.4, 0.5) is 5.69 Å². The van der Waals surface area contributed by atoms with Crippen LogP contribution in [-0.4, -0.2) is 36.6 Å². The maximum atomic E-state index is 3.65. The SMILES string of the molecule is CCC1CN2CCCCC2CN1c1cc(C)cc(Br)c1. The molecular formula is C17H25BrN2. The fourth-order valence-corrected chi connectivity index (χ4v) is 4.40. The zero-order chi connectivity index (χ0) is 14.1. The minimum atomic E-state index is 0.665. The molecule has 1 aromatic carbocycles. The van der Waals surface area contributed by atoms with Crippen molar-refractivity contribution < 1.29 is 0 Å². The molecule has 3 heteroatoms. The first-order chi connectivity index (χ1) is 9.67. The fourth-order valence-electron chi connectivity index (χ4n) is 3.80. The van der Waals surface area contributed by atoms with Crippen molar-refractivity contribution in [1.82, 2.24) is 4.90 Å². The summed E-state index contributed by atoms with van der Waals surface area (Å²) in [7, 11) is 0. The molecule has 110 valence electrons. The van der Waals surface area contributed by atoms with Gasteiger partial charge in [0.1, 0.15) is 0 Å². The summed E-state index contributed by atoms with van der Waals surface area (Å²) in [4.78, 5) is 5.39. The van der Waals surface area contributed by atoms with Gasteiger partial charge in [0.05, 0.1) is 0 Å². The lowest BCUT2D eigenvalue weighted by Gasteiger charge is -2.49. The lowest BCUT2D eigenvalue weighted by molar-refractivity contribution is 0.111. The maximum absolute atomic E-state index is 3.65. The van der Waals surface area contributed by atoms with Crippen LogP contribution in [0.1, 0.15) is 38.2 Å². The molecule has 2 heterocycles. The molecule has 2 nitrogen and oxygen atoms in total. The Balaban J connectivity index is 1.86. The molecule has 0 amide bonds. The van der Waals surface area contributed by atoms with Crippen LogP contribution in [0.25, 0.3) is 0 Å².